The number of nitrogens with zero attached hydrogens (tertiary/aromatic N) is 1. The normalized spacial score (nSPS) is 10.5. The predicted octanol–water partition coefficient (Wildman–Crippen LogP) is 3.95. The van der Waals surface area contributed by atoms with Gasteiger partial charge in [-0.05, 0) is 74.9 Å². The molecule has 0 aliphatic heterocycles. The van der Waals surface area contributed by atoms with E-state index in [9.17, 15) is 14.0 Å². The van der Waals surface area contributed by atoms with Crippen molar-refractivity contribution >= 4 is 17.5 Å². The van der Waals surface area contributed by atoms with Crippen LogP contribution in [0.1, 0.15) is 27.3 Å². The van der Waals surface area contributed by atoms with E-state index in [1.165, 1.54) is 6.07 Å². The third-order valence-corrected chi connectivity index (χ3v) is 4.43. The van der Waals surface area contributed by atoms with Gasteiger partial charge in [-0.25, -0.2) is 4.39 Å². The van der Waals surface area contributed by atoms with Gasteiger partial charge in [0.1, 0.15) is 11.6 Å². The van der Waals surface area contributed by atoms with Crippen LogP contribution in [0.4, 0.5) is 10.1 Å². The van der Waals surface area contributed by atoms with Gasteiger partial charge in [-0.3, -0.25) is 19.7 Å². The highest BCUT2D eigenvalue weighted by atomic mass is 19.1. The van der Waals surface area contributed by atoms with E-state index in [1.807, 2.05) is 26.0 Å². The molecule has 1 aromatic heterocycles. The second kappa shape index (κ2) is 8.60. The number of hydrogen-bond acceptors (Lipinski definition) is 3. The van der Waals surface area contributed by atoms with Crippen molar-refractivity contribution in [1.82, 2.24) is 4.68 Å². The third-order valence-electron chi connectivity index (χ3n) is 4.43. The van der Waals surface area contributed by atoms with Gasteiger partial charge in [0.05, 0.1) is 0 Å². The Morgan fingerprint density at radius 2 is 1.62 bits per heavy atom. The Morgan fingerprint density at radius 3 is 2.24 bits per heavy atom. The lowest BCUT2D eigenvalue weighted by Gasteiger charge is -2.12. The average molecular weight is 395 g/mol. The molecule has 0 atom stereocenters. The lowest BCUT2D eigenvalue weighted by atomic mass is 10.2. The number of nitrogens with one attached hydrogen (secondary N) is 2. The van der Waals surface area contributed by atoms with Gasteiger partial charge in [-0.15, -0.1) is 0 Å². The minimum absolute atomic E-state index is 0.233. The number of carbonyl (C=O) groups is 2. The minimum Gasteiger partial charge on any atom is -0.484 e. The van der Waals surface area contributed by atoms with Crippen LogP contribution in [0, 0.1) is 26.6 Å². The fourth-order valence-corrected chi connectivity index (χ4v) is 2.73. The number of hydrogen-bond donors (Lipinski definition) is 2. The van der Waals surface area contributed by atoms with E-state index in [-0.39, 0.29) is 18.3 Å². The van der Waals surface area contributed by atoms with E-state index in [1.54, 1.807) is 48.0 Å². The molecule has 0 saturated heterocycles. The van der Waals surface area contributed by atoms with E-state index in [4.69, 9.17) is 4.74 Å². The summed E-state index contributed by atoms with van der Waals surface area (Å²) in [6.07, 6.45) is 0. The summed E-state index contributed by atoms with van der Waals surface area (Å²) in [5, 5.41) is 2.57. The first-order valence-corrected chi connectivity index (χ1v) is 9.08. The van der Waals surface area contributed by atoms with Crippen molar-refractivity contribution in [3.63, 3.8) is 0 Å². The Labute approximate surface area is 168 Å². The smallest absolute Gasteiger partial charge is 0.270 e. The lowest BCUT2D eigenvalue weighted by Crippen LogP contribution is -2.24. The van der Waals surface area contributed by atoms with Crippen molar-refractivity contribution in [3.8, 4) is 5.75 Å². The predicted molar refractivity (Wildman–Crippen MR) is 109 cm³/mol. The molecule has 3 aromatic rings. The second-order valence-electron chi connectivity index (χ2n) is 6.72. The standard InChI is InChI=1S/C22H22FN3O3/c1-14-4-9-18(12-20(14)23)24-21(27)13-29-19-10-7-17(8-11-19)22(28)25-26-15(2)5-6-16(26)3/h4-12H,13H2,1-3H3,(H,24,27)(H,25,28). The second-order valence-corrected chi connectivity index (χ2v) is 6.72. The molecule has 0 fully saturated rings. The number of halogens is 1. The van der Waals surface area contributed by atoms with Crippen LogP contribution in [0.25, 0.3) is 0 Å². The molecule has 2 aromatic carbocycles. The highest BCUT2D eigenvalue weighted by molar-refractivity contribution is 6.00. The molecule has 0 bridgehead atoms. The van der Waals surface area contributed by atoms with E-state index in [0.717, 1.165) is 11.4 Å². The van der Waals surface area contributed by atoms with Gasteiger partial charge >= 0.3 is 0 Å². The first-order chi connectivity index (χ1) is 13.8. The van der Waals surface area contributed by atoms with Crippen molar-refractivity contribution in [2.45, 2.75) is 20.8 Å². The summed E-state index contributed by atoms with van der Waals surface area (Å²) in [6, 6.07) is 14.8. The molecule has 150 valence electrons. The van der Waals surface area contributed by atoms with Crippen LogP contribution in [0.2, 0.25) is 0 Å². The highest BCUT2D eigenvalue weighted by Gasteiger charge is 2.10. The topological polar surface area (TPSA) is 72.4 Å². The lowest BCUT2D eigenvalue weighted by molar-refractivity contribution is -0.118. The zero-order valence-electron chi connectivity index (χ0n) is 16.5. The number of aryl methyl sites for hydroxylation is 3. The Hall–Kier alpha value is -3.61. The quantitative estimate of drug-likeness (QED) is 0.664. The molecule has 0 saturated carbocycles. The summed E-state index contributed by atoms with van der Waals surface area (Å²) < 4.78 is 20.7. The van der Waals surface area contributed by atoms with Crippen LogP contribution in [0.15, 0.2) is 54.6 Å². The van der Waals surface area contributed by atoms with Gasteiger partial charge in [0.2, 0.25) is 0 Å². The van der Waals surface area contributed by atoms with E-state index >= 15 is 0 Å². The van der Waals surface area contributed by atoms with Crippen LogP contribution in [-0.4, -0.2) is 23.1 Å². The first-order valence-electron chi connectivity index (χ1n) is 9.08. The third kappa shape index (κ3) is 5.01. The van der Waals surface area contributed by atoms with Gasteiger partial charge in [-0.1, -0.05) is 6.07 Å². The Kier molecular flexibility index (Phi) is 5.97. The summed E-state index contributed by atoms with van der Waals surface area (Å²) in [5.41, 5.74) is 6.01. The fourth-order valence-electron chi connectivity index (χ4n) is 2.73. The first kappa shape index (κ1) is 20.1. The molecule has 0 radical (unpaired) electrons. The van der Waals surface area contributed by atoms with Crippen LogP contribution >= 0.6 is 0 Å². The van der Waals surface area contributed by atoms with Crippen molar-refractivity contribution in [1.29, 1.82) is 0 Å². The zero-order valence-corrected chi connectivity index (χ0v) is 16.5. The van der Waals surface area contributed by atoms with E-state index in [2.05, 4.69) is 10.7 Å². The van der Waals surface area contributed by atoms with Crippen molar-refractivity contribution in [2.75, 3.05) is 17.3 Å². The Morgan fingerprint density at radius 1 is 0.966 bits per heavy atom. The molecule has 29 heavy (non-hydrogen) atoms. The van der Waals surface area contributed by atoms with E-state index < -0.39 is 5.91 Å². The van der Waals surface area contributed by atoms with Gasteiger partial charge in [0, 0.05) is 22.6 Å². The minimum atomic E-state index is -0.409. The number of amides is 2. The molecule has 0 aliphatic carbocycles. The van der Waals surface area contributed by atoms with Gasteiger partial charge in [-0.2, -0.15) is 0 Å². The summed E-state index contributed by atoms with van der Waals surface area (Å²) >= 11 is 0. The summed E-state index contributed by atoms with van der Waals surface area (Å²) in [4.78, 5) is 24.4. The van der Waals surface area contributed by atoms with Gasteiger partial charge < -0.3 is 10.1 Å². The summed E-state index contributed by atoms with van der Waals surface area (Å²) in [7, 11) is 0. The maximum Gasteiger partial charge on any atom is 0.270 e. The SMILES string of the molecule is Cc1ccc(NC(=O)COc2ccc(C(=O)Nn3c(C)ccc3C)cc2)cc1F. The maximum absolute atomic E-state index is 13.5. The van der Waals surface area contributed by atoms with Crippen molar-refractivity contribution < 1.29 is 18.7 Å². The monoisotopic (exact) mass is 395 g/mol. The molecular weight excluding hydrogens is 373 g/mol. The summed E-state index contributed by atoms with van der Waals surface area (Å²) in [6.45, 7) is 5.22. The molecule has 7 heteroatoms. The number of anilines is 1. The van der Waals surface area contributed by atoms with Gasteiger partial charge in [0.15, 0.2) is 6.61 Å². The fraction of sp³-hybridized carbons (Fsp3) is 0.182. The molecule has 2 amide bonds. The van der Waals surface area contributed by atoms with Gasteiger partial charge in [0.25, 0.3) is 11.8 Å². The molecule has 0 aliphatic rings. The van der Waals surface area contributed by atoms with E-state index in [0.29, 0.717) is 22.6 Å². The molecule has 3 rings (SSSR count). The van der Waals surface area contributed by atoms with Crippen LogP contribution in [0.3, 0.4) is 0 Å². The number of aromatic nitrogens is 1. The average Bonchev–Trinajstić information content (AvgIpc) is 3.01. The molecule has 2 N–H and O–H groups in total. The van der Waals surface area contributed by atoms with Crippen LogP contribution in [-0.2, 0) is 4.79 Å². The van der Waals surface area contributed by atoms with Crippen molar-refractivity contribution in [2.24, 2.45) is 0 Å². The van der Waals surface area contributed by atoms with Crippen LogP contribution < -0.4 is 15.5 Å². The zero-order chi connectivity index (χ0) is 21.0. The largest absolute Gasteiger partial charge is 0.484 e. The van der Waals surface area contributed by atoms with Crippen LogP contribution in [0.5, 0.6) is 5.75 Å². The molecule has 0 unspecified atom stereocenters. The molecule has 1 heterocycles. The number of carbonyl (C=O) groups excluding carboxylic acids is 2. The molecular formula is C22H22FN3O3. The number of ether oxygens (including phenoxy) is 1. The Bertz CT molecular complexity index is 1020. The Balaban J connectivity index is 1.54. The maximum atomic E-state index is 13.5. The highest BCUT2D eigenvalue weighted by Crippen LogP contribution is 2.15. The summed E-state index contributed by atoms with van der Waals surface area (Å²) in [5.74, 6) is -0.602. The number of benzene rings is 2. The van der Waals surface area contributed by atoms with Crippen molar-refractivity contribution in [3.05, 3.63) is 82.9 Å². The molecule has 6 nitrogen and oxygen atoms in total. The number of rotatable bonds is 6. The molecule has 0 spiro atoms.